The second-order valence-electron chi connectivity index (χ2n) is 7.76. The summed E-state index contributed by atoms with van der Waals surface area (Å²) in [6.45, 7) is 2.57. The van der Waals surface area contributed by atoms with Gasteiger partial charge in [0.15, 0.2) is 11.4 Å². The lowest BCUT2D eigenvalue weighted by atomic mass is 9.92. The summed E-state index contributed by atoms with van der Waals surface area (Å²) in [5.74, 6) is -1.24. The van der Waals surface area contributed by atoms with Crippen molar-refractivity contribution in [2.45, 2.75) is 26.0 Å². The summed E-state index contributed by atoms with van der Waals surface area (Å²) in [5.41, 5.74) is -0.0908. The standard InChI is InChI=1S/C24H22F2N4O3/c1-15-21(23(32)29-24(2,14-31)16-7-3-4-8-17(16)25)30-12-6-10-20(22(30)28-15)33-13-19-18(26)9-5-11-27-19/h3-12,31H,13-14H2,1-2H3,(H,29,32)/t24-/m0/s1. The van der Waals surface area contributed by atoms with E-state index in [-0.39, 0.29) is 23.6 Å². The van der Waals surface area contributed by atoms with E-state index >= 15 is 0 Å². The molecule has 1 aromatic carbocycles. The Kier molecular flexibility index (Phi) is 6.06. The monoisotopic (exact) mass is 452 g/mol. The molecule has 7 nitrogen and oxygen atoms in total. The van der Waals surface area contributed by atoms with Gasteiger partial charge in [-0.1, -0.05) is 18.2 Å². The van der Waals surface area contributed by atoms with Crippen molar-refractivity contribution in [1.29, 1.82) is 0 Å². The van der Waals surface area contributed by atoms with Gasteiger partial charge >= 0.3 is 0 Å². The maximum atomic E-state index is 14.4. The van der Waals surface area contributed by atoms with Gasteiger partial charge in [-0.15, -0.1) is 0 Å². The predicted molar refractivity (Wildman–Crippen MR) is 117 cm³/mol. The van der Waals surface area contributed by atoms with Crippen molar-refractivity contribution >= 4 is 11.6 Å². The fourth-order valence-corrected chi connectivity index (χ4v) is 3.62. The molecular weight excluding hydrogens is 430 g/mol. The SMILES string of the molecule is Cc1nc2c(OCc3ncccc3F)cccn2c1C(=O)N[C@@](C)(CO)c1ccccc1F. The number of aliphatic hydroxyl groups excluding tert-OH is 1. The Bertz CT molecular complexity index is 1320. The molecule has 33 heavy (non-hydrogen) atoms. The van der Waals surface area contributed by atoms with Crippen LogP contribution in [0.2, 0.25) is 0 Å². The number of amides is 1. The van der Waals surface area contributed by atoms with Gasteiger partial charge in [-0.2, -0.15) is 0 Å². The Morgan fingerprint density at radius 1 is 1.15 bits per heavy atom. The summed E-state index contributed by atoms with van der Waals surface area (Å²) in [5, 5.41) is 12.7. The van der Waals surface area contributed by atoms with E-state index in [0.717, 1.165) is 0 Å². The summed E-state index contributed by atoms with van der Waals surface area (Å²) in [6.07, 6.45) is 3.11. The maximum absolute atomic E-state index is 14.4. The highest BCUT2D eigenvalue weighted by atomic mass is 19.1. The molecule has 0 saturated carbocycles. The van der Waals surface area contributed by atoms with Gasteiger partial charge < -0.3 is 15.2 Å². The lowest BCUT2D eigenvalue weighted by Crippen LogP contribution is -2.47. The molecule has 0 saturated heterocycles. The van der Waals surface area contributed by atoms with E-state index < -0.39 is 29.7 Å². The molecule has 3 heterocycles. The van der Waals surface area contributed by atoms with Crippen LogP contribution in [0, 0.1) is 18.6 Å². The van der Waals surface area contributed by atoms with Crippen molar-refractivity contribution in [2.75, 3.05) is 6.61 Å². The molecule has 0 radical (unpaired) electrons. The maximum Gasteiger partial charge on any atom is 0.270 e. The number of fused-ring (bicyclic) bond motifs is 1. The van der Waals surface area contributed by atoms with Crippen LogP contribution in [0.3, 0.4) is 0 Å². The molecule has 2 N–H and O–H groups in total. The summed E-state index contributed by atoms with van der Waals surface area (Å²) in [7, 11) is 0. The van der Waals surface area contributed by atoms with Crippen LogP contribution in [0.25, 0.3) is 5.65 Å². The number of benzene rings is 1. The molecule has 4 rings (SSSR count). The number of aryl methyl sites for hydroxylation is 1. The summed E-state index contributed by atoms with van der Waals surface area (Å²) >= 11 is 0. The molecule has 4 aromatic rings. The van der Waals surface area contributed by atoms with E-state index in [0.29, 0.717) is 17.1 Å². The zero-order chi connectivity index (χ0) is 23.6. The van der Waals surface area contributed by atoms with Gasteiger partial charge in [0.1, 0.15) is 29.6 Å². The van der Waals surface area contributed by atoms with Crippen LogP contribution in [0.1, 0.15) is 34.4 Å². The van der Waals surface area contributed by atoms with Crippen LogP contribution >= 0.6 is 0 Å². The molecule has 0 aliphatic carbocycles. The first-order valence-corrected chi connectivity index (χ1v) is 10.2. The molecule has 3 aromatic heterocycles. The number of hydrogen-bond donors (Lipinski definition) is 2. The van der Waals surface area contributed by atoms with Gasteiger partial charge in [0.05, 0.1) is 17.8 Å². The van der Waals surface area contributed by atoms with Crippen molar-refractivity contribution in [3.8, 4) is 5.75 Å². The van der Waals surface area contributed by atoms with Gasteiger partial charge in [-0.25, -0.2) is 13.8 Å². The smallest absolute Gasteiger partial charge is 0.270 e. The Hall–Kier alpha value is -3.85. The number of carbonyl (C=O) groups is 1. The minimum absolute atomic E-state index is 0.115. The van der Waals surface area contributed by atoms with Crippen molar-refractivity contribution in [1.82, 2.24) is 19.7 Å². The summed E-state index contributed by atoms with van der Waals surface area (Å²) < 4.78 is 35.5. The molecule has 1 atom stereocenters. The highest BCUT2D eigenvalue weighted by molar-refractivity contribution is 5.95. The molecule has 9 heteroatoms. The number of aliphatic hydroxyl groups is 1. The number of rotatable bonds is 7. The number of ether oxygens (including phenoxy) is 1. The van der Waals surface area contributed by atoms with Crippen molar-refractivity contribution in [3.63, 3.8) is 0 Å². The van der Waals surface area contributed by atoms with Crippen molar-refractivity contribution in [3.05, 3.63) is 95.2 Å². The Labute approximate surface area is 188 Å². The van der Waals surface area contributed by atoms with E-state index in [4.69, 9.17) is 4.74 Å². The minimum Gasteiger partial charge on any atom is -0.483 e. The number of carbonyl (C=O) groups excluding carboxylic acids is 1. The molecule has 0 bridgehead atoms. The quantitative estimate of drug-likeness (QED) is 0.448. The normalized spacial score (nSPS) is 13.0. The molecular formula is C24H22F2N4O3. The molecule has 0 fully saturated rings. The first kappa shape index (κ1) is 22.3. The lowest BCUT2D eigenvalue weighted by Gasteiger charge is -2.29. The fourth-order valence-electron chi connectivity index (χ4n) is 3.62. The highest BCUT2D eigenvalue weighted by Gasteiger charge is 2.32. The zero-order valence-corrected chi connectivity index (χ0v) is 18.0. The van der Waals surface area contributed by atoms with Gasteiger partial charge in [0.25, 0.3) is 5.91 Å². The number of imidazole rings is 1. The topological polar surface area (TPSA) is 88.8 Å². The Morgan fingerprint density at radius 2 is 1.91 bits per heavy atom. The first-order valence-electron chi connectivity index (χ1n) is 10.2. The number of hydrogen-bond acceptors (Lipinski definition) is 5. The second-order valence-corrected chi connectivity index (χ2v) is 7.76. The van der Waals surface area contributed by atoms with E-state index in [2.05, 4.69) is 15.3 Å². The van der Waals surface area contributed by atoms with Crippen molar-refractivity contribution < 1.29 is 23.4 Å². The lowest BCUT2D eigenvalue weighted by molar-refractivity contribution is 0.0839. The van der Waals surface area contributed by atoms with Crippen LogP contribution in [0.15, 0.2) is 60.9 Å². The van der Waals surface area contributed by atoms with Crippen LogP contribution < -0.4 is 10.1 Å². The average Bonchev–Trinajstić information content (AvgIpc) is 3.15. The van der Waals surface area contributed by atoms with Gasteiger partial charge in [0.2, 0.25) is 0 Å². The van der Waals surface area contributed by atoms with Crippen LogP contribution in [0.5, 0.6) is 5.75 Å². The third-order valence-electron chi connectivity index (χ3n) is 5.38. The number of pyridine rings is 2. The third kappa shape index (κ3) is 4.27. The molecule has 0 spiro atoms. The molecule has 0 unspecified atom stereocenters. The van der Waals surface area contributed by atoms with Crippen LogP contribution in [0.4, 0.5) is 8.78 Å². The summed E-state index contributed by atoms with van der Waals surface area (Å²) in [4.78, 5) is 21.6. The number of aromatic nitrogens is 3. The van der Waals surface area contributed by atoms with Gasteiger partial charge in [-0.05, 0) is 44.2 Å². The largest absolute Gasteiger partial charge is 0.483 e. The molecule has 1 amide bonds. The van der Waals surface area contributed by atoms with E-state index in [1.165, 1.54) is 47.9 Å². The number of nitrogens with zero attached hydrogens (tertiary/aromatic N) is 3. The fraction of sp³-hybridized carbons (Fsp3) is 0.208. The molecule has 0 aliphatic heterocycles. The van der Waals surface area contributed by atoms with E-state index in [9.17, 15) is 18.7 Å². The van der Waals surface area contributed by atoms with Gasteiger partial charge in [-0.3, -0.25) is 14.2 Å². The van der Waals surface area contributed by atoms with Crippen molar-refractivity contribution in [2.24, 2.45) is 0 Å². The second kappa shape index (κ2) is 8.95. The first-order chi connectivity index (χ1) is 15.8. The Balaban J connectivity index is 1.65. The van der Waals surface area contributed by atoms with E-state index in [1.54, 1.807) is 31.3 Å². The number of halogens is 2. The average molecular weight is 452 g/mol. The summed E-state index contributed by atoms with van der Waals surface area (Å²) in [6, 6.07) is 12.0. The molecule has 170 valence electrons. The van der Waals surface area contributed by atoms with E-state index in [1.807, 2.05) is 0 Å². The Morgan fingerprint density at radius 3 is 2.64 bits per heavy atom. The zero-order valence-electron chi connectivity index (χ0n) is 18.0. The van der Waals surface area contributed by atoms with Crippen LogP contribution in [-0.2, 0) is 12.1 Å². The van der Waals surface area contributed by atoms with Gasteiger partial charge in [0, 0.05) is 18.0 Å². The molecule has 0 aliphatic rings. The predicted octanol–water partition coefficient (Wildman–Crippen LogP) is 3.53. The highest BCUT2D eigenvalue weighted by Crippen LogP contribution is 2.26. The number of nitrogens with one attached hydrogen (secondary N) is 1. The minimum atomic E-state index is -1.36. The third-order valence-corrected chi connectivity index (χ3v) is 5.38. The van der Waals surface area contributed by atoms with Crippen LogP contribution in [-0.4, -0.2) is 32.0 Å².